The predicted octanol–water partition coefficient (Wildman–Crippen LogP) is 2.79. The molecule has 1 amide bonds. The Kier molecular flexibility index (Phi) is 4.45. The van der Waals surface area contributed by atoms with Gasteiger partial charge in [0.15, 0.2) is 5.69 Å². The molecule has 0 saturated carbocycles. The fourth-order valence-electron chi connectivity index (χ4n) is 3.25. The zero-order valence-corrected chi connectivity index (χ0v) is 14.5. The quantitative estimate of drug-likeness (QED) is 0.941. The maximum absolute atomic E-state index is 12.8. The first-order valence-electron chi connectivity index (χ1n) is 8.41. The molecule has 24 heavy (non-hydrogen) atoms. The van der Waals surface area contributed by atoms with Gasteiger partial charge in [-0.05, 0) is 18.0 Å². The number of carbonyl (C=O) groups is 1. The van der Waals surface area contributed by atoms with Crippen molar-refractivity contribution in [3.8, 4) is 0 Å². The zero-order valence-electron chi connectivity index (χ0n) is 14.5. The van der Waals surface area contributed by atoms with Crippen LogP contribution in [0.4, 0.5) is 0 Å². The monoisotopic (exact) mass is 327 g/mol. The third-order valence-corrected chi connectivity index (χ3v) is 4.73. The Morgan fingerprint density at radius 2 is 2.00 bits per heavy atom. The van der Waals surface area contributed by atoms with Gasteiger partial charge in [0.2, 0.25) is 0 Å². The lowest BCUT2D eigenvalue weighted by atomic mass is 9.89. The van der Waals surface area contributed by atoms with Crippen molar-refractivity contribution in [3.63, 3.8) is 0 Å². The van der Waals surface area contributed by atoms with Gasteiger partial charge in [0.05, 0.1) is 0 Å². The molecule has 1 saturated heterocycles. The number of hydrogen-bond acceptors (Lipinski definition) is 4. The molecule has 2 N–H and O–H groups in total. The molecule has 0 bridgehead atoms. The Balaban J connectivity index is 1.78. The van der Waals surface area contributed by atoms with E-state index in [4.69, 9.17) is 10.3 Å². The first-order chi connectivity index (χ1) is 11.4. The van der Waals surface area contributed by atoms with E-state index in [9.17, 15) is 4.79 Å². The summed E-state index contributed by atoms with van der Waals surface area (Å²) in [5.41, 5.74) is 7.40. The number of hydrogen-bond donors (Lipinski definition) is 1. The van der Waals surface area contributed by atoms with Crippen LogP contribution in [0.5, 0.6) is 0 Å². The lowest BCUT2D eigenvalue weighted by Crippen LogP contribution is -2.30. The molecule has 3 rings (SSSR count). The van der Waals surface area contributed by atoms with Crippen LogP contribution in [0.3, 0.4) is 0 Å². The van der Waals surface area contributed by atoms with Crippen molar-refractivity contribution in [1.29, 1.82) is 0 Å². The van der Waals surface area contributed by atoms with Crippen LogP contribution in [0.15, 0.2) is 40.9 Å². The number of nitrogens with two attached hydrogens (primary N) is 1. The van der Waals surface area contributed by atoms with Gasteiger partial charge in [-0.1, -0.05) is 56.3 Å². The number of aromatic nitrogens is 1. The SMILES string of the molecule is CC(C)(C)c1cc(C(=O)N2C[C@@H](CN)[C@H](c3ccccc3)C2)no1. The Morgan fingerprint density at radius 3 is 2.58 bits per heavy atom. The summed E-state index contributed by atoms with van der Waals surface area (Å²) < 4.78 is 5.35. The van der Waals surface area contributed by atoms with Gasteiger partial charge < -0.3 is 15.2 Å². The van der Waals surface area contributed by atoms with Crippen LogP contribution in [0, 0.1) is 5.92 Å². The highest BCUT2D eigenvalue weighted by Gasteiger charge is 2.36. The Hall–Kier alpha value is -2.14. The third kappa shape index (κ3) is 3.22. The standard InChI is InChI=1S/C19H25N3O2/c1-19(2,3)17-9-16(21-24-17)18(23)22-11-14(10-20)15(12-22)13-7-5-4-6-8-13/h4-9,14-15H,10-12,20H2,1-3H3/t14-,15+/m1/s1. The molecule has 1 fully saturated rings. The van der Waals surface area contributed by atoms with E-state index in [0.717, 1.165) is 5.76 Å². The molecule has 2 heterocycles. The van der Waals surface area contributed by atoms with Gasteiger partial charge in [0.25, 0.3) is 5.91 Å². The predicted molar refractivity (Wildman–Crippen MR) is 92.8 cm³/mol. The second kappa shape index (κ2) is 6.40. The van der Waals surface area contributed by atoms with Crippen molar-refractivity contribution in [1.82, 2.24) is 10.1 Å². The van der Waals surface area contributed by atoms with Crippen molar-refractivity contribution in [3.05, 3.63) is 53.4 Å². The van der Waals surface area contributed by atoms with E-state index < -0.39 is 0 Å². The Bertz CT molecular complexity index is 703. The molecule has 5 nitrogen and oxygen atoms in total. The number of rotatable bonds is 3. The van der Waals surface area contributed by atoms with Crippen LogP contribution in [0.25, 0.3) is 0 Å². The van der Waals surface area contributed by atoms with Gasteiger partial charge in [0.1, 0.15) is 5.76 Å². The van der Waals surface area contributed by atoms with Crippen LogP contribution in [-0.2, 0) is 5.41 Å². The molecule has 1 aliphatic heterocycles. The van der Waals surface area contributed by atoms with Gasteiger partial charge >= 0.3 is 0 Å². The molecular weight excluding hydrogens is 302 g/mol. The van der Waals surface area contributed by atoms with Gasteiger partial charge in [-0.25, -0.2) is 0 Å². The number of nitrogens with zero attached hydrogens (tertiary/aromatic N) is 2. The van der Waals surface area contributed by atoms with Crippen LogP contribution in [0.2, 0.25) is 0 Å². The lowest BCUT2D eigenvalue weighted by Gasteiger charge is -2.16. The fraction of sp³-hybridized carbons (Fsp3) is 0.474. The van der Waals surface area contributed by atoms with Crippen molar-refractivity contribution in [2.24, 2.45) is 11.7 Å². The third-order valence-electron chi connectivity index (χ3n) is 4.73. The van der Waals surface area contributed by atoms with E-state index in [1.807, 2.05) is 43.9 Å². The van der Waals surface area contributed by atoms with E-state index in [-0.39, 0.29) is 23.2 Å². The summed E-state index contributed by atoms with van der Waals surface area (Å²) >= 11 is 0. The second-order valence-corrected chi connectivity index (χ2v) is 7.55. The number of carbonyl (C=O) groups excluding carboxylic acids is 1. The molecule has 1 aliphatic rings. The van der Waals surface area contributed by atoms with Gasteiger partial charge in [-0.15, -0.1) is 0 Å². The molecule has 2 atom stereocenters. The fourth-order valence-corrected chi connectivity index (χ4v) is 3.25. The maximum atomic E-state index is 12.8. The van der Waals surface area contributed by atoms with Crippen LogP contribution < -0.4 is 5.73 Å². The average molecular weight is 327 g/mol. The summed E-state index contributed by atoms with van der Waals surface area (Å²) in [4.78, 5) is 14.6. The molecule has 1 aromatic heterocycles. The van der Waals surface area contributed by atoms with Crippen LogP contribution in [0.1, 0.15) is 48.5 Å². The largest absolute Gasteiger partial charge is 0.360 e. The Labute approximate surface area is 142 Å². The molecule has 1 aromatic carbocycles. The molecule has 0 radical (unpaired) electrons. The summed E-state index contributed by atoms with van der Waals surface area (Å²) in [5.74, 6) is 1.19. The molecule has 128 valence electrons. The van der Waals surface area contributed by atoms with E-state index in [0.29, 0.717) is 25.3 Å². The highest BCUT2D eigenvalue weighted by atomic mass is 16.5. The maximum Gasteiger partial charge on any atom is 0.276 e. The summed E-state index contributed by atoms with van der Waals surface area (Å²) in [5, 5.41) is 3.98. The summed E-state index contributed by atoms with van der Waals surface area (Å²) in [7, 11) is 0. The number of amides is 1. The van der Waals surface area contributed by atoms with Crippen molar-refractivity contribution in [2.75, 3.05) is 19.6 Å². The van der Waals surface area contributed by atoms with E-state index in [1.54, 1.807) is 6.07 Å². The average Bonchev–Trinajstić information content (AvgIpc) is 3.22. The van der Waals surface area contributed by atoms with Gasteiger partial charge in [0, 0.05) is 30.5 Å². The molecule has 0 spiro atoms. The molecular formula is C19H25N3O2. The van der Waals surface area contributed by atoms with E-state index in [1.165, 1.54) is 5.56 Å². The van der Waals surface area contributed by atoms with Crippen molar-refractivity contribution < 1.29 is 9.32 Å². The number of benzene rings is 1. The minimum atomic E-state index is -0.164. The summed E-state index contributed by atoms with van der Waals surface area (Å²) in [6, 6.07) is 12.0. The normalized spacial score (nSPS) is 21.2. The summed E-state index contributed by atoms with van der Waals surface area (Å²) in [6.07, 6.45) is 0. The van der Waals surface area contributed by atoms with Crippen LogP contribution >= 0.6 is 0 Å². The highest BCUT2D eigenvalue weighted by Crippen LogP contribution is 2.33. The van der Waals surface area contributed by atoms with Crippen LogP contribution in [-0.4, -0.2) is 35.6 Å². The van der Waals surface area contributed by atoms with Gasteiger partial charge in [-0.2, -0.15) is 0 Å². The molecule has 5 heteroatoms. The zero-order chi connectivity index (χ0) is 17.3. The highest BCUT2D eigenvalue weighted by molar-refractivity contribution is 5.92. The minimum absolute atomic E-state index is 0.0777. The topological polar surface area (TPSA) is 72.4 Å². The second-order valence-electron chi connectivity index (χ2n) is 7.55. The smallest absolute Gasteiger partial charge is 0.276 e. The Morgan fingerprint density at radius 1 is 1.29 bits per heavy atom. The molecule has 2 aromatic rings. The number of likely N-dealkylation sites (tertiary alicyclic amines) is 1. The molecule has 0 unspecified atom stereocenters. The minimum Gasteiger partial charge on any atom is -0.360 e. The van der Waals surface area contributed by atoms with E-state index in [2.05, 4.69) is 17.3 Å². The van der Waals surface area contributed by atoms with E-state index >= 15 is 0 Å². The first-order valence-corrected chi connectivity index (χ1v) is 8.41. The lowest BCUT2D eigenvalue weighted by molar-refractivity contribution is 0.0776. The van der Waals surface area contributed by atoms with Gasteiger partial charge in [-0.3, -0.25) is 4.79 Å². The van der Waals surface area contributed by atoms with Crippen molar-refractivity contribution >= 4 is 5.91 Å². The molecule has 0 aliphatic carbocycles. The summed E-state index contributed by atoms with van der Waals surface area (Å²) in [6.45, 7) is 8.00. The first kappa shape index (κ1) is 16.7. The van der Waals surface area contributed by atoms with Crippen molar-refractivity contribution in [2.45, 2.75) is 32.1 Å².